The van der Waals surface area contributed by atoms with E-state index in [1.54, 1.807) is 6.92 Å². The molecule has 0 saturated heterocycles. The molecule has 2 N–H and O–H groups in total. The lowest BCUT2D eigenvalue weighted by Crippen LogP contribution is -2.51. The molecule has 0 aromatic rings. The third-order valence-corrected chi connectivity index (χ3v) is 4.12. The van der Waals surface area contributed by atoms with E-state index in [1.807, 2.05) is 0 Å². The first-order valence-corrected chi connectivity index (χ1v) is 6.75. The molecule has 0 spiro atoms. The molecule has 1 aliphatic rings. The summed E-state index contributed by atoms with van der Waals surface area (Å²) in [7, 11) is 1.30. The predicted molar refractivity (Wildman–Crippen MR) is 73.4 cm³/mol. The van der Waals surface area contributed by atoms with Crippen LogP contribution in [0.15, 0.2) is 0 Å². The van der Waals surface area contributed by atoms with E-state index in [0.717, 1.165) is 12.8 Å². The highest BCUT2D eigenvalue weighted by molar-refractivity contribution is 5.81. The van der Waals surface area contributed by atoms with Crippen LogP contribution in [0, 0.1) is 16.7 Å². The van der Waals surface area contributed by atoms with Crippen molar-refractivity contribution in [2.75, 3.05) is 7.11 Å². The largest absolute Gasteiger partial charge is 0.453 e. The molecule has 19 heavy (non-hydrogen) atoms. The second-order valence-electron chi connectivity index (χ2n) is 6.78. The minimum Gasteiger partial charge on any atom is -0.453 e. The van der Waals surface area contributed by atoms with E-state index in [4.69, 9.17) is 0 Å². The van der Waals surface area contributed by atoms with Gasteiger partial charge in [0.15, 0.2) is 0 Å². The molecule has 0 bridgehead atoms. The zero-order valence-corrected chi connectivity index (χ0v) is 12.8. The number of methoxy groups -OCH3 is 1. The van der Waals surface area contributed by atoms with Crippen molar-refractivity contribution in [3.63, 3.8) is 0 Å². The first-order chi connectivity index (χ1) is 8.60. The molecule has 1 aliphatic carbocycles. The molecule has 1 fully saturated rings. The quantitative estimate of drug-likeness (QED) is 0.773. The van der Waals surface area contributed by atoms with Gasteiger partial charge in [-0.05, 0) is 30.6 Å². The van der Waals surface area contributed by atoms with Crippen LogP contribution in [0.25, 0.3) is 0 Å². The van der Waals surface area contributed by atoms with Crippen LogP contribution in [0.4, 0.5) is 4.79 Å². The zero-order valence-electron chi connectivity index (χ0n) is 12.8. The third kappa shape index (κ3) is 3.61. The van der Waals surface area contributed by atoms with E-state index >= 15 is 0 Å². The van der Waals surface area contributed by atoms with Gasteiger partial charge in [0.1, 0.15) is 6.17 Å². The maximum atomic E-state index is 12.5. The Hall–Kier alpha value is -1.26. The van der Waals surface area contributed by atoms with Crippen LogP contribution in [0.1, 0.15) is 47.5 Å². The fraction of sp³-hybridized carbons (Fsp3) is 0.857. The maximum Gasteiger partial charge on any atom is 0.408 e. The van der Waals surface area contributed by atoms with Gasteiger partial charge in [-0.1, -0.05) is 27.7 Å². The number of carbonyl (C=O) groups is 2. The number of rotatable bonds is 3. The van der Waals surface area contributed by atoms with Crippen molar-refractivity contribution in [3.8, 4) is 0 Å². The zero-order chi connectivity index (χ0) is 14.8. The van der Waals surface area contributed by atoms with E-state index in [0.29, 0.717) is 0 Å². The van der Waals surface area contributed by atoms with Crippen molar-refractivity contribution in [3.05, 3.63) is 0 Å². The number of ether oxygens (including phenoxy) is 1. The third-order valence-electron chi connectivity index (χ3n) is 4.12. The first kappa shape index (κ1) is 15.8. The Labute approximate surface area is 115 Å². The Balaban J connectivity index is 2.69. The standard InChI is InChI=1S/C14H26N2O3/c1-9(16-12(18)19-6)15-11(17)10-13(2,3)7-8-14(10,4)5/h9-10H,7-8H2,1-6H3,(H,15,17)(H,16,18)/t9-/m1/s1. The van der Waals surface area contributed by atoms with Crippen molar-refractivity contribution in [2.45, 2.75) is 53.6 Å². The highest BCUT2D eigenvalue weighted by atomic mass is 16.5. The van der Waals surface area contributed by atoms with Gasteiger partial charge in [-0.25, -0.2) is 4.79 Å². The van der Waals surface area contributed by atoms with Gasteiger partial charge in [0, 0.05) is 5.92 Å². The van der Waals surface area contributed by atoms with Gasteiger partial charge in [0.2, 0.25) is 5.91 Å². The number of carbonyl (C=O) groups excluding carboxylic acids is 2. The lowest BCUT2D eigenvalue weighted by atomic mass is 9.72. The lowest BCUT2D eigenvalue weighted by molar-refractivity contribution is -0.131. The van der Waals surface area contributed by atoms with Crippen molar-refractivity contribution in [1.29, 1.82) is 0 Å². The summed E-state index contributed by atoms with van der Waals surface area (Å²) in [5.74, 6) is -0.0571. The molecule has 5 nitrogen and oxygen atoms in total. The van der Waals surface area contributed by atoms with Gasteiger partial charge in [-0.15, -0.1) is 0 Å². The van der Waals surface area contributed by atoms with Gasteiger partial charge in [0.05, 0.1) is 7.11 Å². The van der Waals surface area contributed by atoms with Crippen molar-refractivity contribution >= 4 is 12.0 Å². The van der Waals surface area contributed by atoms with Crippen molar-refractivity contribution in [2.24, 2.45) is 16.7 Å². The summed E-state index contributed by atoms with van der Waals surface area (Å²) in [6, 6.07) is 0. The van der Waals surface area contributed by atoms with Crippen LogP contribution in [-0.2, 0) is 9.53 Å². The normalized spacial score (nSPS) is 22.6. The summed E-state index contributed by atoms with van der Waals surface area (Å²) >= 11 is 0. The summed E-state index contributed by atoms with van der Waals surface area (Å²) in [6.45, 7) is 10.2. The van der Waals surface area contributed by atoms with Gasteiger partial charge < -0.3 is 15.4 Å². The van der Waals surface area contributed by atoms with Crippen molar-refractivity contribution in [1.82, 2.24) is 10.6 Å². The molecule has 2 amide bonds. The number of alkyl carbamates (subject to hydrolysis) is 1. The molecule has 0 heterocycles. The van der Waals surface area contributed by atoms with Crippen LogP contribution < -0.4 is 10.6 Å². The highest BCUT2D eigenvalue weighted by Crippen LogP contribution is 2.53. The first-order valence-electron chi connectivity index (χ1n) is 6.75. The fourth-order valence-electron chi connectivity index (χ4n) is 3.27. The van der Waals surface area contributed by atoms with Crippen LogP contribution in [-0.4, -0.2) is 25.3 Å². The second-order valence-corrected chi connectivity index (χ2v) is 6.78. The Morgan fingerprint density at radius 1 is 1.11 bits per heavy atom. The molecular formula is C14H26N2O3. The summed E-state index contributed by atoms with van der Waals surface area (Å²) in [6.07, 6.45) is 1.10. The number of hydrogen-bond donors (Lipinski definition) is 2. The number of hydrogen-bond acceptors (Lipinski definition) is 3. The summed E-state index contributed by atoms with van der Waals surface area (Å²) in [5.41, 5.74) is -0.0306. The smallest absolute Gasteiger partial charge is 0.408 e. The Morgan fingerprint density at radius 2 is 1.58 bits per heavy atom. The van der Waals surface area contributed by atoms with Crippen LogP contribution in [0.5, 0.6) is 0 Å². The van der Waals surface area contributed by atoms with Gasteiger partial charge >= 0.3 is 6.09 Å². The Kier molecular flexibility index (Phi) is 4.48. The predicted octanol–water partition coefficient (Wildman–Crippen LogP) is 2.27. The van der Waals surface area contributed by atoms with Gasteiger partial charge in [-0.3, -0.25) is 4.79 Å². The molecule has 0 radical (unpaired) electrons. The highest BCUT2D eigenvalue weighted by Gasteiger charge is 2.50. The average Bonchev–Trinajstić information content (AvgIpc) is 2.47. The molecule has 0 unspecified atom stereocenters. The Morgan fingerprint density at radius 3 is 2.00 bits per heavy atom. The van der Waals surface area contributed by atoms with E-state index in [1.165, 1.54) is 7.11 Å². The molecule has 5 heteroatoms. The van der Waals surface area contributed by atoms with Crippen LogP contribution in [0.2, 0.25) is 0 Å². The molecule has 1 rings (SSSR count). The SMILES string of the molecule is COC(=O)N[C@H](C)NC(=O)C1C(C)(C)CCC1(C)C. The van der Waals surface area contributed by atoms with Gasteiger partial charge in [0.25, 0.3) is 0 Å². The maximum absolute atomic E-state index is 12.5. The molecule has 1 atom stereocenters. The lowest BCUT2D eigenvalue weighted by Gasteiger charge is -2.34. The van der Waals surface area contributed by atoms with E-state index in [2.05, 4.69) is 43.1 Å². The molecule has 0 aliphatic heterocycles. The molecule has 1 saturated carbocycles. The number of amides is 2. The van der Waals surface area contributed by atoms with Crippen LogP contribution in [0.3, 0.4) is 0 Å². The summed E-state index contributed by atoms with van der Waals surface area (Å²) in [4.78, 5) is 23.5. The van der Waals surface area contributed by atoms with Crippen molar-refractivity contribution < 1.29 is 14.3 Å². The molecule has 110 valence electrons. The van der Waals surface area contributed by atoms with E-state index in [-0.39, 0.29) is 22.7 Å². The molecule has 0 aromatic heterocycles. The summed E-state index contributed by atoms with van der Waals surface area (Å²) in [5, 5.41) is 5.39. The number of nitrogens with one attached hydrogen (secondary N) is 2. The minimum atomic E-state index is -0.544. The molecule has 0 aromatic carbocycles. The molecular weight excluding hydrogens is 244 g/mol. The Bertz CT molecular complexity index is 348. The van der Waals surface area contributed by atoms with E-state index < -0.39 is 12.3 Å². The average molecular weight is 270 g/mol. The minimum absolute atomic E-state index is 0.00333. The topological polar surface area (TPSA) is 67.4 Å². The fourth-order valence-corrected chi connectivity index (χ4v) is 3.27. The summed E-state index contributed by atoms with van der Waals surface area (Å²) < 4.78 is 4.51. The second kappa shape index (κ2) is 5.39. The van der Waals surface area contributed by atoms with E-state index in [9.17, 15) is 9.59 Å². The van der Waals surface area contributed by atoms with Gasteiger partial charge in [-0.2, -0.15) is 0 Å². The van der Waals surface area contributed by atoms with Crippen LogP contribution >= 0.6 is 0 Å². The monoisotopic (exact) mass is 270 g/mol.